The third-order valence-corrected chi connectivity index (χ3v) is 2.43. The molecule has 0 aromatic heterocycles. The van der Waals surface area contributed by atoms with Crippen molar-refractivity contribution in [3.63, 3.8) is 0 Å². The second-order valence-electron chi connectivity index (χ2n) is 3.34. The molecule has 3 nitrogen and oxygen atoms in total. The van der Waals surface area contributed by atoms with Crippen molar-refractivity contribution in [3.8, 4) is 22.3 Å². The summed E-state index contributed by atoms with van der Waals surface area (Å²) in [5.74, 6) is 0. The lowest BCUT2D eigenvalue weighted by Crippen LogP contribution is -2.37. The van der Waals surface area contributed by atoms with Crippen molar-refractivity contribution in [1.82, 2.24) is 0 Å². The highest BCUT2D eigenvalue weighted by atomic mass is 16.6. The maximum absolute atomic E-state index is 8.33. The Balaban J connectivity index is 0.000000212. The third-order valence-electron chi connectivity index (χ3n) is 2.43. The molecule has 0 heterocycles. The number of carbonyl (C=O) groups is 1. The molecule has 0 saturated heterocycles. The predicted octanol–water partition coefficient (Wildman–Crippen LogP) is 0.887. The Morgan fingerprint density at radius 1 is 0.688 bits per heavy atom. The molecule has 0 unspecified atom stereocenters. The van der Waals surface area contributed by atoms with Crippen molar-refractivity contribution in [3.05, 3.63) is 48.5 Å². The lowest BCUT2D eigenvalue weighted by atomic mass is 9.81. The zero-order chi connectivity index (χ0) is 11.5. The number of rotatable bonds is 0. The SMILES string of the molecule is O=C([O-])[O-].c1ccc2c(c1)-c1ccccc1-2. The van der Waals surface area contributed by atoms with Crippen LogP contribution in [0.25, 0.3) is 22.3 Å². The standard InChI is InChI=1S/C12H8.CH2O3/c1-2-6-10-9(5-1)11-7-3-4-8-12(10)11;2-1(3)4/h1-8H;(H2,2,3,4)/p-2. The molecule has 1 aliphatic carbocycles. The van der Waals surface area contributed by atoms with Crippen molar-refractivity contribution < 1.29 is 15.0 Å². The van der Waals surface area contributed by atoms with E-state index >= 15 is 0 Å². The first kappa shape index (κ1) is 10.2. The minimum Gasteiger partial charge on any atom is -0.652 e. The average Bonchev–Trinajstić information content (AvgIpc) is 2.25. The van der Waals surface area contributed by atoms with Gasteiger partial charge < -0.3 is 15.0 Å². The first-order chi connectivity index (χ1) is 7.70. The van der Waals surface area contributed by atoms with Gasteiger partial charge in [-0.25, -0.2) is 0 Å². The van der Waals surface area contributed by atoms with Crippen LogP contribution in [-0.4, -0.2) is 6.16 Å². The highest BCUT2D eigenvalue weighted by Gasteiger charge is 2.19. The molecule has 0 atom stereocenters. The molecule has 3 rings (SSSR count). The first-order valence-corrected chi connectivity index (χ1v) is 4.77. The van der Waals surface area contributed by atoms with Crippen LogP contribution in [0.5, 0.6) is 0 Å². The average molecular weight is 212 g/mol. The highest BCUT2D eigenvalue weighted by Crippen LogP contribution is 2.46. The summed E-state index contributed by atoms with van der Waals surface area (Å²) < 4.78 is 0. The van der Waals surface area contributed by atoms with Crippen LogP contribution in [0.2, 0.25) is 0 Å². The molecule has 0 fully saturated rings. The Labute approximate surface area is 92.6 Å². The zero-order valence-corrected chi connectivity index (χ0v) is 8.34. The minimum atomic E-state index is -2.33. The van der Waals surface area contributed by atoms with E-state index < -0.39 is 6.16 Å². The predicted molar refractivity (Wildman–Crippen MR) is 56.3 cm³/mol. The molecule has 0 saturated carbocycles. The van der Waals surface area contributed by atoms with Gasteiger partial charge >= 0.3 is 0 Å². The summed E-state index contributed by atoms with van der Waals surface area (Å²) >= 11 is 0. The topological polar surface area (TPSA) is 63.2 Å². The van der Waals surface area contributed by atoms with Crippen LogP contribution in [0.15, 0.2) is 48.5 Å². The Hall–Kier alpha value is -2.29. The van der Waals surface area contributed by atoms with Gasteiger partial charge in [0.2, 0.25) is 0 Å². The normalized spacial score (nSPS) is 10.0. The van der Waals surface area contributed by atoms with Crippen LogP contribution in [0.3, 0.4) is 0 Å². The maximum Gasteiger partial charge on any atom is -0.00990 e. The van der Waals surface area contributed by atoms with Gasteiger partial charge in [-0.1, -0.05) is 48.5 Å². The van der Waals surface area contributed by atoms with Gasteiger partial charge in [0.05, 0.1) is 0 Å². The fraction of sp³-hybridized carbons (Fsp3) is 0. The molecule has 0 aliphatic heterocycles. The number of carboxylic acid groups (broad SMARTS) is 2. The van der Waals surface area contributed by atoms with Gasteiger partial charge in [0, 0.05) is 0 Å². The number of hydrogen-bond acceptors (Lipinski definition) is 3. The monoisotopic (exact) mass is 212 g/mol. The lowest BCUT2D eigenvalue weighted by Gasteiger charge is -2.22. The Kier molecular flexibility index (Phi) is 2.60. The molecule has 0 amide bonds. The van der Waals surface area contributed by atoms with Crippen molar-refractivity contribution in [1.29, 1.82) is 0 Å². The van der Waals surface area contributed by atoms with Gasteiger partial charge in [-0.3, -0.25) is 0 Å². The molecule has 16 heavy (non-hydrogen) atoms. The summed E-state index contributed by atoms with van der Waals surface area (Å²) in [6.45, 7) is 0. The van der Waals surface area contributed by atoms with E-state index in [0.29, 0.717) is 0 Å². The Morgan fingerprint density at radius 3 is 1.06 bits per heavy atom. The summed E-state index contributed by atoms with van der Waals surface area (Å²) in [6.07, 6.45) is -2.33. The van der Waals surface area contributed by atoms with Crippen molar-refractivity contribution >= 4 is 6.16 Å². The molecule has 0 radical (unpaired) electrons. The molecule has 80 valence electrons. The smallest absolute Gasteiger partial charge is 0.00990 e. The van der Waals surface area contributed by atoms with Crippen LogP contribution in [-0.2, 0) is 0 Å². The summed E-state index contributed by atoms with van der Waals surface area (Å²) in [5, 5.41) is 16.7. The van der Waals surface area contributed by atoms with Gasteiger partial charge in [0.15, 0.2) is 0 Å². The second-order valence-corrected chi connectivity index (χ2v) is 3.34. The fourth-order valence-corrected chi connectivity index (χ4v) is 1.84. The van der Waals surface area contributed by atoms with E-state index in [1.807, 2.05) is 0 Å². The molecule has 0 N–H and O–H groups in total. The summed E-state index contributed by atoms with van der Waals surface area (Å²) in [7, 11) is 0. The minimum absolute atomic E-state index is 1.40. The molecule has 2 aromatic carbocycles. The van der Waals surface area contributed by atoms with E-state index in [2.05, 4.69) is 48.5 Å². The number of carbonyl (C=O) groups excluding carboxylic acids is 1. The van der Waals surface area contributed by atoms with Crippen LogP contribution >= 0.6 is 0 Å². The highest BCUT2D eigenvalue weighted by molar-refractivity contribution is 6.02. The van der Waals surface area contributed by atoms with Crippen LogP contribution in [0.4, 0.5) is 4.79 Å². The fourth-order valence-electron chi connectivity index (χ4n) is 1.84. The second kappa shape index (κ2) is 4.06. The Bertz CT molecular complexity index is 428. The summed E-state index contributed by atoms with van der Waals surface area (Å²) in [6, 6.07) is 17.1. The molecule has 2 aromatic rings. The number of fused-ring (bicyclic) bond motifs is 4. The summed E-state index contributed by atoms with van der Waals surface area (Å²) in [5.41, 5.74) is 5.59. The van der Waals surface area contributed by atoms with Gasteiger partial charge in [-0.2, -0.15) is 0 Å². The van der Waals surface area contributed by atoms with Crippen LogP contribution < -0.4 is 10.2 Å². The number of hydrogen-bond donors (Lipinski definition) is 0. The molecule has 1 aliphatic rings. The summed E-state index contributed by atoms with van der Waals surface area (Å²) in [4.78, 5) is 8.33. The van der Waals surface area contributed by atoms with Gasteiger partial charge in [-0.15, -0.1) is 0 Å². The third kappa shape index (κ3) is 1.75. The van der Waals surface area contributed by atoms with Crippen molar-refractivity contribution in [2.24, 2.45) is 0 Å². The van der Waals surface area contributed by atoms with Crippen molar-refractivity contribution in [2.75, 3.05) is 0 Å². The lowest BCUT2D eigenvalue weighted by molar-refractivity contribution is -0.415. The van der Waals surface area contributed by atoms with Gasteiger partial charge in [0.1, 0.15) is 0 Å². The van der Waals surface area contributed by atoms with E-state index in [9.17, 15) is 0 Å². The molecule has 0 bridgehead atoms. The van der Waals surface area contributed by atoms with E-state index in [-0.39, 0.29) is 0 Å². The Morgan fingerprint density at radius 2 is 0.875 bits per heavy atom. The number of benzene rings is 2. The van der Waals surface area contributed by atoms with Gasteiger partial charge in [-0.05, 0) is 28.4 Å². The van der Waals surface area contributed by atoms with Gasteiger partial charge in [0.25, 0.3) is 0 Å². The zero-order valence-electron chi connectivity index (χ0n) is 8.34. The van der Waals surface area contributed by atoms with E-state index in [0.717, 1.165) is 0 Å². The van der Waals surface area contributed by atoms with E-state index in [1.165, 1.54) is 22.3 Å². The molecule has 0 spiro atoms. The largest absolute Gasteiger partial charge is 0.652 e. The van der Waals surface area contributed by atoms with Crippen LogP contribution in [0, 0.1) is 0 Å². The first-order valence-electron chi connectivity index (χ1n) is 4.77. The maximum atomic E-state index is 8.33. The van der Waals surface area contributed by atoms with E-state index in [4.69, 9.17) is 15.0 Å². The van der Waals surface area contributed by atoms with Crippen molar-refractivity contribution in [2.45, 2.75) is 0 Å². The molecular weight excluding hydrogens is 204 g/mol. The quantitative estimate of drug-likeness (QED) is 0.555. The molecular formula is C13H8O3-2. The van der Waals surface area contributed by atoms with E-state index in [1.54, 1.807) is 0 Å². The molecule has 3 heteroatoms. The van der Waals surface area contributed by atoms with Crippen LogP contribution in [0.1, 0.15) is 0 Å².